The van der Waals surface area contributed by atoms with Gasteiger partial charge in [-0.25, -0.2) is 8.42 Å². The molecule has 2 atom stereocenters. The monoisotopic (exact) mass is 397 g/mol. The van der Waals surface area contributed by atoms with Gasteiger partial charge < -0.3 is 4.90 Å². The summed E-state index contributed by atoms with van der Waals surface area (Å²) >= 11 is 11.8. The normalized spacial score (nSPS) is 21.1. The van der Waals surface area contributed by atoms with Gasteiger partial charge in [-0.3, -0.25) is 4.79 Å². The molecule has 0 bridgehead atoms. The molecule has 2 aromatic rings. The molecule has 0 radical (unpaired) electrons. The van der Waals surface area contributed by atoms with Gasteiger partial charge in [0, 0.05) is 16.6 Å². The fourth-order valence-electron chi connectivity index (χ4n) is 3.19. The zero-order valence-electron chi connectivity index (χ0n) is 13.3. The van der Waals surface area contributed by atoms with Crippen LogP contribution in [0.1, 0.15) is 24.4 Å². The molecular weight excluding hydrogens is 381 g/mol. The average molecular weight is 398 g/mol. The van der Waals surface area contributed by atoms with Crippen LogP contribution in [0.2, 0.25) is 10.0 Å². The number of hydrogen-bond acceptors (Lipinski definition) is 3. The van der Waals surface area contributed by atoms with E-state index in [0.717, 1.165) is 12.0 Å². The second-order valence-corrected chi connectivity index (χ2v) is 9.16. The van der Waals surface area contributed by atoms with Crippen LogP contribution in [0.25, 0.3) is 0 Å². The molecule has 0 aromatic heterocycles. The van der Waals surface area contributed by atoms with E-state index in [2.05, 4.69) is 0 Å². The second kappa shape index (κ2) is 7.36. The quantitative estimate of drug-likeness (QED) is 0.728. The van der Waals surface area contributed by atoms with Crippen molar-refractivity contribution in [3.63, 3.8) is 0 Å². The minimum Gasteiger partial charge on any atom is -0.338 e. The van der Waals surface area contributed by atoms with Crippen molar-refractivity contribution in [3.8, 4) is 0 Å². The standard InChI is InChI=1S/C18H17Cl2NO3S/c19-14-3-1-13(2-4-14)18-11-17(9-10-21(18)12-22)25(23,24)16-7-5-15(20)6-8-16/h1-8,12,17-18H,9-11H2. The van der Waals surface area contributed by atoms with Crippen LogP contribution in [-0.4, -0.2) is 31.5 Å². The van der Waals surface area contributed by atoms with E-state index in [1.807, 2.05) is 12.1 Å². The summed E-state index contributed by atoms with van der Waals surface area (Å²) in [5, 5.41) is 0.543. The summed E-state index contributed by atoms with van der Waals surface area (Å²) in [6, 6.07) is 13.1. The Hall–Kier alpha value is -1.56. The average Bonchev–Trinajstić information content (AvgIpc) is 2.62. The summed E-state index contributed by atoms with van der Waals surface area (Å²) in [4.78, 5) is 13.3. The molecule has 25 heavy (non-hydrogen) atoms. The number of carbonyl (C=O) groups is 1. The smallest absolute Gasteiger partial charge is 0.210 e. The van der Waals surface area contributed by atoms with Gasteiger partial charge in [0.1, 0.15) is 0 Å². The Morgan fingerprint density at radius 2 is 1.52 bits per heavy atom. The maximum Gasteiger partial charge on any atom is 0.210 e. The van der Waals surface area contributed by atoms with Crippen molar-refractivity contribution in [2.45, 2.75) is 29.0 Å². The summed E-state index contributed by atoms with van der Waals surface area (Å²) < 4.78 is 25.9. The van der Waals surface area contributed by atoms with Crippen molar-refractivity contribution in [3.05, 3.63) is 64.1 Å². The fourth-order valence-corrected chi connectivity index (χ4v) is 5.19. The zero-order chi connectivity index (χ0) is 18.0. The predicted octanol–water partition coefficient (Wildman–Crippen LogP) is 4.13. The first-order valence-electron chi connectivity index (χ1n) is 7.88. The van der Waals surface area contributed by atoms with E-state index in [1.54, 1.807) is 29.2 Å². The highest BCUT2D eigenvalue weighted by Gasteiger charge is 2.36. The number of likely N-dealkylation sites (tertiary alicyclic amines) is 1. The topological polar surface area (TPSA) is 54.5 Å². The van der Waals surface area contributed by atoms with Gasteiger partial charge in [-0.05, 0) is 54.8 Å². The summed E-state index contributed by atoms with van der Waals surface area (Å²) in [5.41, 5.74) is 0.882. The minimum atomic E-state index is -3.49. The molecule has 0 saturated carbocycles. The third-order valence-corrected chi connectivity index (χ3v) is 7.31. The van der Waals surface area contributed by atoms with E-state index in [9.17, 15) is 13.2 Å². The molecule has 1 aliphatic rings. The number of benzene rings is 2. The first-order chi connectivity index (χ1) is 11.9. The van der Waals surface area contributed by atoms with E-state index in [1.165, 1.54) is 12.1 Å². The molecule has 132 valence electrons. The Morgan fingerprint density at radius 1 is 0.960 bits per heavy atom. The number of sulfone groups is 1. The van der Waals surface area contributed by atoms with Gasteiger partial charge in [-0.2, -0.15) is 0 Å². The van der Waals surface area contributed by atoms with Gasteiger partial charge in [0.2, 0.25) is 6.41 Å². The van der Waals surface area contributed by atoms with Gasteiger partial charge in [-0.1, -0.05) is 35.3 Å². The van der Waals surface area contributed by atoms with Crippen molar-refractivity contribution in [2.24, 2.45) is 0 Å². The number of carbonyl (C=O) groups excluding carboxylic acids is 1. The molecule has 2 aromatic carbocycles. The van der Waals surface area contributed by atoms with Crippen LogP contribution in [0, 0.1) is 0 Å². The lowest BCUT2D eigenvalue weighted by atomic mass is 9.95. The fraction of sp³-hybridized carbons (Fsp3) is 0.278. The van der Waals surface area contributed by atoms with Crippen LogP contribution in [-0.2, 0) is 14.6 Å². The molecule has 0 N–H and O–H groups in total. The molecule has 2 unspecified atom stereocenters. The van der Waals surface area contributed by atoms with Crippen LogP contribution >= 0.6 is 23.2 Å². The number of nitrogens with zero attached hydrogens (tertiary/aromatic N) is 1. The Bertz CT molecular complexity index is 851. The van der Waals surface area contributed by atoms with E-state index in [4.69, 9.17) is 23.2 Å². The number of hydrogen-bond donors (Lipinski definition) is 0. The van der Waals surface area contributed by atoms with Gasteiger partial charge in [0.25, 0.3) is 0 Å². The Morgan fingerprint density at radius 3 is 2.08 bits per heavy atom. The molecule has 0 spiro atoms. The first kappa shape index (κ1) is 18.2. The van der Waals surface area contributed by atoms with Crippen molar-refractivity contribution in [1.29, 1.82) is 0 Å². The Kier molecular flexibility index (Phi) is 5.37. The molecule has 1 amide bonds. The van der Waals surface area contributed by atoms with Crippen LogP contribution in [0.5, 0.6) is 0 Å². The van der Waals surface area contributed by atoms with E-state index in [-0.39, 0.29) is 10.9 Å². The maximum absolute atomic E-state index is 13.0. The van der Waals surface area contributed by atoms with Crippen molar-refractivity contribution in [2.75, 3.05) is 6.54 Å². The lowest BCUT2D eigenvalue weighted by molar-refractivity contribution is -0.121. The number of halogens is 2. The molecular formula is C18H17Cl2NO3S. The summed E-state index contributed by atoms with van der Waals surface area (Å²) in [6.45, 7) is 0.397. The third kappa shape index (κ3) is 3.84. The molecule has 1 fully saturated rings. The first-order valence-corrected chi connectivity index (χ1v) is 10.2. The summed E-state index contributed by atoms with van der Waals surface area (Å²) in [7, 11) is -3.49. The summed E-state index contributed by atoms with van der Waals surface area (Å²) in [6.07, 6.45) is 1.55. The second-order valence-electron chi connectivity index (χ2n) is 6.06. The molecule has 7 heteroatoms. The number of amides is 1. The molecule has 4 nitrogen and oxygen atoms in total. The van der Waals surface area contributed by atoms with E-state index >= 15 is 0 Å². The predicted molar refractivity (Wildman–Crippen MR) is 98.6 cm³/mol. The molecule has 0 aliphatic carbocycles. The van der Waals surface area contributed by atoms with Gasteiger partial charge in [-0.15, -0.1) is 0 Å². The van der Waals surface area contributed by atoms with Crippen molar-refractivity contribution >= 4 is 39.4 Å². The largest absolute Gasteiger partial charge is 0.338 e. The van der Waals surface area contributed by atoms with Crippen LogP contribution in [0.15, 0.2) is 53.4 Å². The maximum atomic E-state index is 13.0. The van der Waals surface area contributed by atoms with Crippen LogP contribution in [0.4, 0.5) is 0 Å². The van der Waals surface area contributed by atoms with E-state index < -0.39 is 15.1 Å². The molecule has 1 heterocycles. The van der Waals surface area contributed by atoms with Gasteiger partial charge in [0.05, 0.1) is 16.2 Å². The van der Waals surface area contributed by atoms with Crippen LogP contribution < -0.4 is 0 Å². The SMILES string of the molecule is O=CN1CCC(S(=O)(=O)c2ccc(Cl)cc2)CC1c1ccc(Cl)cc1. The third-order valence-electron chi connectivity index (χ3n) is 4.57. The lowest BCUT2D eigenvalue weighted by Gasteiger charge is -2.37. The van der Waals surface area contributed by atoms with Gasteiger partial charge in [0.15, 0.2) is 9.84 Å². The van der Waals surface area contributed by atoms with Crippen molar-refractivity contribution < 1.29 is 13.2 Å². The van der Waals surface area contributed by atoms with Crippen LogP contribution in [0.3, 0.4) is 0 Å². The highest BCUT2D eigenvalue weighted by Crippen LogP contribution is 2.35. The molecule has 1 aliphatic heterocycles. The minimum absolute atomic E-state index is 0.260. The number of rotatable bonds is 4. The number of piperidine rings is 1. The zero-order valence-corrected chi connectivity index (χ0v) is 15.6. The van der Waals surface area contributed by atoms with E-state index in [0.29, 0.717) is 29.4 Å². The highest BCUT2D eigenvalue weighted by molar-refractivity contribution is 7.92. The lowest BCUT2D eigenvalue weighted by Crippen LogP contribution is -2.41. The summed E-state index contributed by atoms with van der Waals surface area (Å²) in [5.74, 6) is 0. The molecule has 1 saturated heterocycles. The Balaban J connectivity index is 1.90. The Labute approximate surface area is 157 Å². The highest BCUT2D eigenvalue weighted by atomic mass is 35.5. The van der Waals surface area contributed by atoms with Crippen molar-refractivity contribution in [1.82, 2.24) is 4.90 Å². The molecule has 3 rings (SSSR count). The van der Waals surface area contributed by atoms with Gasteiger partial charge >= 0.3 is 0 Å².